The summed E-state index contributed by atoms with van der Waals surface area (Å²) < 4.78 is 2.07. The Morgan fingerprint density at radius 1 is 1.13 bits per heavy atom. The summed E-state index contributed by atoms with van der Waals surface area (Å²) in [5, 5.41) is 20.1. The largest absolute Gasteiger partial charge is 0.506 e. The average molecular weight is 404 g/mol. The molecule has 0 amide bonds. The zero-order valence-corrected chi connectivity index (χ0v) is 17.9. The van der Waals surface area contributed by atoms with Crippen molar-refractivity contribution in [2.75, 3.05) is 0 Å². The number of carbonyl (C=O) groups is 1. The first-order valence-corrected chi connectivity index (χ1v) is 10.7. The number of carboxylic acid groups (broad SMARTS) is 1. The summed E-state index contributed by atoms with van der Waals surface area (Å²) in [6.07, 6.45) is 4.14. The topological polar surface area (TPSA) is 62.5 Å². The highest BCUT2D eigenvalue weighted by molar-refractivity contribution is 5.89. The maximum absolute atomic E-state index is 11.6. The number of aromatic carboxylic acids is 1. The number of phenolic OH excluding ortho intramolecular Hbond substituents is 1. The van der Waals surface area contributed by atoms with Crippen molar-refractivity contribution in [2.24, 2.45) is 11.3 Å². The molecule has 156 valence electrons. The van der Waals surface area contributed by atoms with Gasteiger partial charge >= 0.3 is 5.97 Å². The van der Waals surface area contributed by atoms with Gasteiger partial charge in [0.2, 0.25) is 0 Å². The molecular formula is C26H29NO3. The van der Waals surface area contributed by atoms with Crippen molar-refractivity contribution in [2.45, 2.75) is 46.5 Å². The summed E-state index contributed by atoms with van der Waals surface area (Å²) in [7, 11) is 0. The summed E-state index contributed by atoms with van der Waals surface area (Å²) in [5.41, 5.74) is 5.50. The molecule has 0 saturated heterocycles. The second kappa shape index (κ2) is 7.67. The molecule has 2 aromatic carbocycles. The number of nitrogens with zero attached hydrogens (tertiary/aromatic N) is 1. The van der Waals surface area contributed by atoms with Crippen molar-refractivity contribution in [3.05, 3.63) is 71.4 Å². The molecule has 3 aromatic rings. The number of phenols is 1. The highest BCUT2D eigenvalue weighted by Crippen LogP contribution is 2.43. The predicted octanol–water partition coefficient (Wildman–Crippen LogP) is 6.09. The zero-order chi connectivity index (χ0) is 21.5. The van der Waals surface area contributed by atoms with Crippen LogP contribution in [-0.2, 0) is 12.8 Å². The molecule has 0 aliphatic heterocycles. The molecule has 1 aliphatic rings. The van der Waals surface area contributed by atoms with E-state index in [0.29, 0.717) is 11.6 Å². The molecule has 1 unspecified atom stereocenters. The lowest BCUT2D eigenvalue weighted by molar-refractivity contribution is 0.0697. The number of fused-ring (bicyclic) bond motifs is 1. The molecule has 0 saturated carbocycles. The van der Waals surface area contributed by atoms with E-state index in [4.69, 9.17) is 0 Å². The number of carboxylic acids is 1. The van der Waals surface area contributed by atoms with Gasteiger partial charge in [0, 0.05) is 5.69 Å². The molecule has 4 rings (SSSR count). The molecule has 0 fully saturated rings. The monoisotopic (exact) mass is 403 g/mol. The number of hydrogen-bond donors (Lipinski definition) is 2. The van der Waals surface area contributed by atoms with Crippen LogP contribution in [0.5, 0.6) is 5.75 Å². The lowest BCUT2D eigenvalue weighted by Crippen LogP contribution is -2.29. The molecule has 0 spiro atoms. The molecule has 2 N–H and O–H groups in total. The van der Waals surface area contributed by atoms with E-state index in [-0.39, 0.29) is 16.7 Å². The van der Waals surface area contributed by atoms with E-state index in [2.05, 4.69) is 43.5 Å². The minimum atomic E-state index is -0.997. The lowest BCUT2D eigenvalue weighted by atomic mass is 9.69. The molecule has 30 heavy (non-hydrogen) atoms. The van der Waals surface area contributed by atoms with E-state index in [1.54, 1.807) is 6.07 Å². The van der Waals surface area contributed by atoms with E-state index in [1.165, 1.54) is 23.4 Å². The van der Waals surface area contributed by atoms with E-state index < -0.39 is 5.97 Å². The number of aromatic hydroxyl groups is 1. The first kappa shape index (κ1) is 20.3. The fourth-order valence-electron chi connectivity index (χ4n) is 4.62. The van der Waals surface area contributed by atoms with Gasteiger partial charge < -0.3 is 14.8 Å². The van der Waals surface area contributed by atoms with Crippen molar-refractivity contribution < 1.29 is 15.0 Å². The van der Waals surface area contributed by atoms with Crippen LogP contribution >= 0.6 is 0 Å². The molecule has 1 heterocycles. The van der Waals surface area contributed by atoms with Gasteiger partial charge in [0.1, 0.15) is 5.75 Å². The van der Waals surface area contributed by atoms with Crippen LogP contribution < -0.4 is 0 Å². The van der Waals surface area contributed by atoms with Crippen LogP contribution in [0.4, 0.5) is 0 Å². The van der Waals surface area contributed by atoms with Crippen LogP contribution in [0.1, 0.15) is 55.2 Å². The molecular weight excluding hydrogens is 374 g/mol. The van der Waals surface area contributed by atoms with Crippen LogP contribution in [0.15, 0.2) is 54.6 Å². The molecule has 1 aliphatic carbocycles. The molecule has 4 heteroatoms. The van der Waals surface area contributed by atoms with Crippen molar-refractivity contribution in [1.82, 2.24) is 4.57 Å². The minimum absolute atomic E-state index is 0.0894. The Kier molecular flexibility index (Phi) is 5.19. The fraction of sp³-hybridized carbons (Fsp3) is 0.346. The second-order valence-corrected chi connectivity index (χ2v) is 8.99. The van der Waals surface area contributed by atoms with Crippen molar-refractivity contribution in [1.29, 1.82) is 0 Å². The molecule has 1 atom stereocenters. The third-order valence-electron chi connectivity index (χ3n) is 6.94. The second-order valence-electron chi connectivity index (χ2n) is 8.99. The summed E-state index contributed by atoms with van der Waals surface area (Å²) >= 11 is 0. The van der Waals surface area contributed by atoms with Crippen molar-refractivity contribution >= 4 is 5.97 Å². The Labute approximate surface area is 177 Å². The van der Waals surface area contributed by atoms with Gasteiger partial charge in [-0.05, 0) is 66.0 Å². The quantitative estimate of drug-likeness (QED) is 0.542. The number of rotatable bonds is 5. The van der Waals surface area contributed by atoms with Crippen LogP contribution in [0, 0.1) is 11.3 Å². The zero-order valence-electron chi connectivity index (χ0n) is 17.9. The van der Waals surface area contributed by atoms with E-state index in [9.17, 15) is 15.0 Å². The Hall–Kier alpha value is -3.01. The summed E-state index contributed by atoms with van der Waals surface area (Å²) in [5.74, 6) is -0.302. The number of hydrogen-bond acceptors (Lipinski definition) is 2. The molecule has 4 nitrogen and oxygen atoms in total. The summed E-state index contributed by atoms with van der Waals surface area (Å²) in [6, 6.07) is 16.8. The van der Waals surface area contributed by atoms with Crippen LogP contribution in [0.25, 0.3) is 16.9 Å². The van der Waals surface area contributed by atoms with Gasteiger partial charge in [-0.3, -0.25) is 0 Å². The van der Waals surface area contributed by atoms with E-state index in [1.807, 2.05) is 18.2 Å². The van der Waals surface area contributed by atoms with Crippen LogP contribution in [0.3, 0.4) is 0 Å². The van der Waals surface area contributed by atoms with Gasteiger partial charge in [0.25, 0.3) is 0 Å². The van der Waals surface area contributed by atoms with Crippen LogP contribution in [-0.4, -0.2) is 20.7 Å². The average Bonchev–Trinajstić information content (AvgIpc) is 3.13. The lowest BCUT2D eigenvalue weighted by Gasteiger charge is -2.36. The third kappa shape index (κ3) is 3.51. The maximum atomic E-state index is 11.6. The third-order valence-corrected chi connectivity index (χ3v) is 6.94. The Morgan fingerprint density at radius 2 is 1.87 bits per heavy atom. The Balaban J connectivity index is 1.91. The van der Waals surface area contributed by atoms with Crippen LogP contribution in [0.2, 0.25) is 0 Å². The van der Waals surface area contributed by atoms with Crippen molar-refractivity contribution in [3.63, 3.8) is 0 Å². The van der Waals surface area contributed by atoms with Crippen molar-refractivity contribution in [3.8, 4) is 22.7 Å². The van der Waals surface area contributed by atoms with E-state index in [0.717, 1.165) is 36.9 Å². The summed E-state index contributed by atoms with van der Waals surface area (Å²) in [6.45, 7) is 6.95. The van der Waals surface area contributed by atoms with E-state index >= 15 is 0 Å². The van der Waals surface area contributed by atoms with Gasteiger partial charge in [-0.25, -0.2) is 4.79 Å². The van der Waals surface area contributed by atoms with Gasteiger partial charge in [0.15, 0.2) is 0 Å². The maximum Gasteiger partial charge on any atom is 0.335 e. The standard InChI is InChI=1S/C26H29NO3/c1-4-26(2,3)20-11-12-21-19(14-20)16-22(17-8-6-5-7-9-17)27(21)23-15-18(25(29)30)10-13-24(23)28/h5-10,13,15-16,20,28H,4,11-12,14H2,1-3H3,(H,29,30). The Morgan fingerprint density at radius 3 is 2.53 bits per heavy atom. The normalized spacial score (nSPS) is 16.3. The fourth-order valence-corrected chi connectivity index (χ4v) is 4.62. The van der Waals surface area contributed by atoms with Gasteiger partial charge in [-0.2, -0.15) is 0 Å². The number of aromatic nitrogens is 1. The predicted molar refractivity (Wildman–Crippen MR) is 119 cm³/mol. The minimum Gasteiger partial charge on any atom is -0.506 e. The highest BCUT2D eigenvalue weighted by atomic mass is 16.4. The Bertz CT molecular complexity index is 1080. The first-order valence-electron chi connectivity index (χ1n) is 10.7. The van der Waals surface area contributed by atoms with Gasteiger partial charge in [-0.15, -0.1) is 0 Å². The van der Waals surface area contributed by atoms with Gasteiger partial charge in [0.05, 0.1) is 16.9 Å². The SMILES string of the molecule is CCC(C)(C)C1CCc2c(cc(-c3ccccc3)n2-c2cc(C(=O)O)ccc2O)C1. The molecule has 0 bridgehead atoms. The van der Waals surface area contributed by atoms with Gasteiger partial charge in [-0.1, -0.05) is 57.5 Å². The smallest absolute Gasteiger partial charge is 0.335 e. The number of benzene rings is 2. The molecule has 1 aromatic heterocycles. The first-order chi connectivity index (χ1) is 14.3. The molecule has 0 radical (unpaired) electrons. The highest BCUT2D eigenvalue weighted by Gasteiger charge is 2.33. The summed E-state index contributed by atoms with van der Waals surface area (Å²) in [4.78, 5) is 11.6.